The summed E-state index contributed by atoms with van der Waals surface area (Å²) in [5, 5.41) is 9.43. The molecule has 1 aliphatic rings. The normalized spacial score (nSPS) is 21.7. The molecule has 120 valence electrons. The van der Waals surface area contributed by atoms with Crippen molar-refractivity contribution in [3.8, 4) is 0 Å². The maximum absolute atomic E-state index is 12.2. The van der Waals surface area contributed by atoms with E-state index in [1.54, 1.807) is 32.9 Å². The minimum atomic E-state index is -0.909. The maximum Gasteiger partial charge on any atom is 0.410 e. The third-order valence-corrected chi connectivity index (χ3v) is 3.65. The van der Waals surface area contributed by atoms with Crippen molar-refractivity contribution < 1.29 is 19.4 Å². The number of carboxylic acids is 1. The number of nitrogen functional groups attached to an aromatic ring is 1. The van der Waals surface area contributed by atoms with Gasteiger partial charge in [0.25, 0.3) is 0 Å². The average Bonchev–Trinajstić information content (AvgIpc) is 2.83. The van der Waals surface area contributed by atoms with Gasteiger partial charge in [0.15, 0.2) is 0 Å². The lowest BCUT2D eigenvalue weighted by Gasteiger charge is -2.24. The van der Waals surface area contributed by atoms with Crippen molar-refractivity contribution in [2.75, 3.05) is 18.8 Å². The summed E-state index contributed by atoms with van der Waals surface area (Å²) in [6, 6.07) is 7.11. The Balaban J connectivity index is 2.18. The zero-order valence-corrected chi connectivity index (χ0v) is 13.1. The fourth-order valence-corrected chi connectivity index (χ4v) is 2.61. The number of nitrogens with zero attached hydrogens (tertiary/aromatic N) is 1. The molecule has 0 bridgehead atoms. The number of carbonyl (C=O) groups excluding carboxylic acids is 1. The molecule has 1 heterocycles. The van der Waals surface area contributed by atoms with Crippen molar-refractivity contribution in [1.29, 1.82) is 0 Å². The fourth-order valence-electron chi connectivity index (χ4n) is 2.61. The van der Waals surface area contributed by atoms with Crippen molar-refractivity contribution >= 4 is 17.7 Å². The molecule has 1 amide bonds. The van der Waals surface area contributed by atoms with Crippen LogP contribution in [0.2, 0.25) is 0 Å². The molecule has 0 unspecified atom stereocenters. The molecule has 1 aliphatic heterocycles. The van der Waals surface area contributed by atoms with Crippen LogP contribution in [-0.4, -0.2) is 40.8 Å². The quantitative estimate of drug-likeness (QED) is 0.818. The third-order valence-electron chi connectivity index (χ3n) is 3.65. The largest absolute Gasteiger partial charge is 0.481 e. The molecule has 2 rings (SSSR count). The van der Waals surface area contributed by atoms with E-state index in [1.165, 1.54) is 4.90 Å². The Kier molecular flexibility index (Phi) is 4.30. The Morgan fingerprint density at radius 3 is 2.32 bits per heavy atom. The van der Waals surface area contributed by atoms with Crippen molar-refractivity contribution in [3.63, 3.8) is 0 Å². The van der Waals surface area contributed by atoms with E-state index in [1.807, 2.05) is 12.1 Å². The molecule has 0 aliphatic carbocycles. The first kappa shape index (κ1) is 16.1. The number of carbonyl (C=O) groups is 2. The molecule has 1 aromatic carbocycles. The molecule has 6 nitrogen and oxygen atoms in total. The lowest BCUT2D eigenvalue weighted by Crippen LogP contribution is -2.35. The number of benzene rings is 1. The highest BCUT2D eigenvalue weighted by Crippen LogP contribution is 2.34. The summed E-state index contributed by atoms with van der Waals surface area (Å²) in [6.07, 6.45) is -0.475. The average molecular weight is 306 g/mol. The third kappa shape index (κ3) is 3.69. The first-order valence-corrected chi connectivity index (χ1v) is 7.23. The molecular weight excluding hydrogens is 284 g/mol. The van der Waals surface area contributed by atoms with E-state index in [0.29, 0.717) is 12.2 Å². The minimum absolute atomic E-state index is 0.152. The standard InChI is InChI=1S/C16H22N2O4/c1-16(2,3)22-15(21)18-8-12(13(9-18)14(19)20)10-4-6-11(17)7-5-10/h4-7,12-13H,8-9,17H2,1-3H3,(H,19,20)/t12-,13+/m1/s1. The zero-order valence-electron chi connectivity index (χ0n) is 13.1. The van der Waals surface area contributed by atoms with Crippen LogP contribution in [0.3, 0.4) is 0 Å². The van der Waals surface area contributed by atoms with Gasteiger partial charge in [0, 0.05) is 24.7 Å². The van der Waals surface area contributed by atoms with E-state index >= 15 is 0 Å². The molecule has 2 atom stereocenters. The van der Waals surface area contributed by atoms with E-state index in [9.17, 15) is 14.7 Å². The monoisotopic (exact) mass is 306 g/mol. The lowest BCUT2D eigenvalue weighted by molar-refractivity contribution is -0.141. The molecule has 3 N–H and O–H groups in total. The number of anilines is 1. The number of hydrogen-bond donors (Lipinski definition) is 2. The Bertz CT molecular complexity index is 563. The van der Waals surface area contributed by atoms with Gasteiger partial charge in [-0.3, -0.25) is 4.79 Å². The smallest absolute Gasteiger partial charge is 0.410 e. The molecule has 1 aromatic rings. The summed E-state index contributed by atoms with van der Waals surface area (Å²) in [5.41, 5.74) is 6.55. The molecule has 0 spiro atoms. The van der Waals surface area contributed by atoms with Gasteiger partial charge in [-0.2, -0.15) is 0 Å². The zero-order chi connectivity index (χ0) is 16.5. The van der Waals surface area contributed by atoms with Crippen molar-refractivity contribution in [3.05, 3.63) is 29.8 Å². The van der Waals surface area contributed by atoms with Crippen LogP contribution in [-0.2, 0) is 9.53 Å². The maximum atomic E-state index is 12.2. The molecule has 1 saturated heterocycles. The number of rotatable bonds is 2. The van der Waals surface area contributed by atoms with E-state index in [4.69, 9.17) is 10.5 Å². The predicted molar refractivity (Wildman–Crippen MR) is 82.5 cm³/mol. The topological polar surface area (TPSA) is 92.9 Å². The molecular formula is C16H22N2O4. The lowest BCUT2D eigenvalue weighted by atomic mass is 9.89. The summed E-state index contributed by atoms with van der Waals surface area (Å²) in [6.45, 7) is 5.84. The van der Waals surface area contributed by atoms with E-state index in [-0.39, 0.29) is 12.5 Å². The summed E-state index contributed by atoms with van der Waals surface area (Å²) in [7, 11) is 0. The number of amides is 1. The Hall–Kier alpha value is -2.24. The van der Waals surface area contributed by atoms with E-state index in [0.717, 1.165) is 5.56 Å². The summed E-state index contributed by atoms with van der Waals surface area (Å²) in [4.78, 5) is 25.1. The highest BCUT2D eigenvalue weighted by Gasteiger charge is 2.41. The summed E-state index contributed by atoms with van der Waals surface area (Å²) < 4.78 is 5.33. The number of hydrogen-bond acceptors (Lipinski definition) is 4. The van der Waals surface area contributed by atoms with E-state index in [2.05, 4.69) is 0 Å². The molecule has 0 radical (unpaired) electrons. The van der Waals surface area contributed by atoms with Crippen LogP contribution < -0.4 is 5.73 Å². The Morgan fingerprint density at radius 1 is 1.23 bits per heavy atom. The first-order chi connectivity index (χ1) is 10.2. The Morgan fingerprint density at radius 2 is 1.82 bits per heavy atom. The number of carboxylic acid groups (broad SMARTS) is 1. The second kappa shape index (κ2) is 5.87. The van der Waals surface area contributed by atoms with Gasteiger partial charge in [0.2, 0.25) is 0 Å². The van der Waals surface area contributed by atoms with Gasteiger partial charge in [0.05, 0.1) is 5.92 Å². The fraction of sp³-hybridized carbons (Fsp3) is 0.500. The van der Waals surface area contributed by atoms with Crippen LogP contribution in [0, 0.1) is 5.92 Å². The van der Waals surface area contributed by atoms with Crippen LogP contribution >= 0.6 is 0 Å². The van der Waals surface area contributed by atoms with Gasteiger partial charge in [-0.25, -0.2) is 4.79 Å². The first-order valence-electron chi connectivity index (χ1n) is 7.23. The molecule has 0 saturated carbocycles. The van der Waals surface area contributed by atoms with Crippen LogP contribution in [0.1, 0.15) is 32.3 Å². The van der Waals surface area contributed by atoms with Crippen molar-refractivity contribution in [2.45, 2.75) is 32.3 Å². The van der Waals surface area contributed by atoms with Crippen LogP contribution in [0.25, 0.3) is 0 Å². The van der Waals surface area contributed by atoms with Gasteiger partial charge >= 0.3 is 12.1 Å². The van der Waals surface area contributed by atoms with Crippen LogP contribution in [0.5, 0.6) is 0 Å². The van der Waals surface area contributed by atoms with Gasteiger partial charge in [-0.05, 0) is 38.5 Å². The number of nitrogens with two attached hydrogens (primary N) is 1. The highest BCUT2D eigenvalue weighted by molar-refractivity contribution is 5.76. The molecule has 6 heteroatoms. The number of ether oxygens (including phenoxy) is 1. The second-order valence-electron chi connectivity index (χ2n) is 6.60. The molecule has 1 fully saturated rings. The van der Waals surface area contributed by atoms with Gasteiger partial charge in [-0.15, -0.1) is 0 Å². The molecule has 22 heavy (non-hydrogen) atoms. The Labute approximate surface area is 129 Å². The highest BCUT2D eigenvalue weighted by atomic mass is 16.6. The minimum Gasteiger partial charge on any atom is -0.481 e. The van der Waals surface area contributed by atoms with Crippen LogP contribution in [0.15, 0.2) is 24.3 Å². The van der Waals surface area contributed by atoms with E-state index < -0.39 is 23.6 Å². The summed E-state index contributed by atoms with van der Waals surface area (Å²) >= 11 is 0. The van der Waals surface area contributed by atoms with Gasteiger partial charge in [-0.1, -0.05) is 12.1 Å². The second-order valence-corrected chi connectivity index (χ2v) is 6.60. The summed E-state index contributed by atoms with van der Waals surface area (Å²) in [5.74, 6) is -1.81. The SMILES string of the molecule is CC(C)(C)OC(=O)N1C[C@H](C(=O)O)[C@@H](c2ccc(N)cc2)C1. The predicted octanol–water partition coefficient (Wildman–Crippen LogP) is 2.30. The van der Waals surface area contributed by atoms with Crippen molar-refractivity contribution in [2.24, 2.45) is 5.92 Å². The number of aliphatic carboxylic acids is 1. The van der Waals surface area contributed by atoms with Crippen molar-refractivity contribution in [1.82, 2.24) is 4.90 Å². The molecule has 0 aromatic heterocycles. The van der Waals surface area contributed by atoms with Crippen LogP contribution in [0.4, 0.5) is 10.5 Å². The van der Waals surface area contributed by atoms with Gasteiger partial charge in [0.1, 0.15) is 5.60 Å². The van der Waals surface area contributed by atoms with Gasteiger partial charge < -0.3 is 20.5 Å². The number of likely N-dealkylation sites (tertiary alicyclic amines) is 1.